The van der Waals surface area contributed by atoms with Gasteiger partial charge in [-0.1, -0.05) is 24.3 Å². The Hall–Kier alpha value is -2.77. The average Bonchev–Trinajstić information content (AvgIpc) is 2.82. The lowest BCUT2D eigenvalue weighted by atomic mass is 10.1. The molecule has 0 atom stereocenters. The lowest BCUT2D eigenvalue weighted by Gasteiger charge is -2.16. The van der Waals surface area contributed by atoms with E-state index in [1.54, 1.807) is 32.4 Å². The van der Waals surface area contributed by atoms with E-state index in [9.17, 15) is 4.39 Å². The van der Waals surface area contributed by atoms with Crippen molar-refractivity contribution in [2.24, 2.45) is 0 Å². The minimum atomic E-state index is -0.290. The van der Waals surface area contributed by atoms with Gasteiger partial charge in [0.15, 0.2) is 23.0 Å². The molecule has 0 spiro atoms. The zero-order valence-corrected chi connectivity index (χ0v) is 20.7. The summed E-state index contributed by atoms with van der Waals surface area (Å²) in [5, 5.41) is 3.46. The van der Waals surface area contributed by atoms with E-state index >= 15 is 0 Å². The van der Waals surface area contributed by atoms with Crippen molar-refractivity contribution in [3.8, 4) is 23.0 Å². The Labute approximate surface area is 203 Å². The van der Waals surface area contributed by atoms with Crippen LogP contribution in [0.25, 0.3) is 0 Å². The normalized spacial score (nSPS) is 10.7. The number of hydrogen-bond donors (Lipinski definition) is 1. The zero-order valence-electron chi connectivity index (χ0n) is 19.1. The van der Waals surface area contributed by atoms with E-state index in [0.29, 0.717) is 30.2 Å². The fraction of sp³-hybridized carbons (Fsp3) is 0.308. The molecule has 0 radical (unpaired) electrons. The molecule has 3 rings (SSSR count). The smallest absolute Gasteiger partial charge is 0.175 e. The topological polar surface area (TPSA) is 49.0 Å². The van der Waals surface area contributed by atoms with Crippen molar-refractivity contribution in [2.75, 3.05) is 27.4 Å². The summed E-state index contributed by atoms with van der Waals surface area (Å²) in [6.45, 7) is 4.00. The highest BCUT2D eigenvalue weighted by atomic mass is 79.9. The summed E-state index contributed by atoms with van der Waals surface area (Å²) in [6, 6.07) is 16.5. The second-order valence-electron chi connectivity index (χ2n) is 7.33. The van der Waals surface area contributed by atoms with E-state index in [1.807, 2.05) is 37.3 Å². The molecule has 176 valence electrons. The van der Waals surface area contributed by atoms with Crippen LogP contribution in [0.4, 0.5) is 4.39 Å². The van der Waals surface area contributed by atoms with Gasteiger partial charge in [0, 0.05) is 12.1 Å². The van der Waals surface area contributed by atoms with Crippen LogP contribution in [0.3, 0.4) is 0 Å². The van der Waals surface area contributed by atoms with E-state index in [0.717, 1.165) is 40.1 Å². The predicted octanol–water partition coefficient (Wildman–Crippen LogP) is 5.92. The van der Waals surface area contributed by atoms with Gasteiger partial charge in [-0.15, -0.1) is 0 Å². The molecule has 3 aromatic carbocycles. The van der Waals surface area contributed by atoms with Crippen LogP contribution in [0.15, 0.2) is 59.1 Å². The Kier molecular flexibility index (Phi) is 9.39. The van der Waals surface area contributed by atoms with Crippen molar-refractivity contribution in [1.82, 2.24) is 5.32 Å². The van der Waals surface area contributed by atoms with E-state index in [2.05, 4.69) is 21.2 Å². The number of halogens is 2. The van der Waals surface area contributed by atoms with Gasteiger partial charge in [-0.25, -0.2) is 4.39 Å². The van der Waals surface area contributed by atoms with E-state index in [4.69, 9.17) is 18.9 Å². The quantitative estimate of drug-likeness (QED) is 0.302. The Morgan fingerprint density at radius 2 is 1.64 bits per heavy atom. The van der Waals surface area contributed by atoms with Crippen molar-refractivity contribution >= 4 is 15.9 Å². The molecule has 33 heavy (non-hydrogen) atoms. The summed E-state index contributed by atoms with van der Waals surface area (Å²) in [6.07, 6.45) is 0.851. The molecule has 0 fully saturated rings. The van der Waals surface area contributed by atoms with Gasteiger partial charge in [0.05, 0.1) is 25.3 Å². The lowest BCUT2D eigenvalue weighted by molar-refractivity contribution is 0.264. The Balaban J connectivity index is 1.61. The summed E-state index contributed by atoms with van der Waals surface area (Å²) in [5.41, 5.74) is 2.71. The van der Waals surface area contributed by atoms with Crippen LogP contribution in [-0.2, 0) is 19.6 Å². The number of rotatable bonds is 12. The maximum Gasteiger partial charge on any atom is 0.175 e. The van der Waals surface area contributed by atoms with Gasteiger partial charge in [0.25, 0.3) is 0 Å². The number of ether oxygens (including phenoxy) is 4. The maximum atomic E-state index is 13.9. The maximum absolute atomic E-state index is 13.9. The van der Waals surface area contributed by atoms with Crippen LogP contribution in [0.2, 0.25) is 0 Å². The van der Waals surface area contributed by atoms with Crippen LogP contribution < -0.4 is 24.3 Å². The fourth-order valence-corrected chi connectivity index (χ4v) is 4.00. The van der Waals surface area contributed by atoms with Crippen molar-refractivity contribution in [3.05, 3.63) is 81.6 Å². The summed E-state index contributed by atoms with van der Waals surface area (Å²) in [5.74, 6) is 2.35. The van der Waals surface area contributed by atoms with Gasteiger partial charge in [-0.2, -0.15) is 0 Å². The van der Waals surface area contributed by atoms with Gasteiger partial charge in [0.2, 0.25) is 0 Å². The molecule has 0 aromatic heterocycles. The molecular weight excluding hydrogens is 489 g/mol. The number of nitrogens with one attached hydrogen (secondary N) is 1. The van der Waals surface area contributed by atoms with E-state index in [-0.39, 0.29) is 12.4 Å². The third-order valence-electron chi connectivity index (χ3n) is 5.07. The van der Waals surface area contributed by atoms with Gasteiger partial charge in [0.1, 0.15) is 12.4 Å². The lowest BCUT2D eigenvalue weighted by Crippen LogP contribution is -2.17. The minimum Gasteiger partial charge on any atom is -0.493 e. The van der Waals surface area contributed by atoms with Crippen LogP contribution in [0.1, 0.15) is 23.6 Å². The van der Waals surface area contributed by atoms with Crippen molar-refractivity contribution in [1.29, 1.82) is 0 Å². The molecule has 0 amide bonds. The molecule has 0 aliphatic heterocycles. The minimum absolute atomic E-state index is 0.119. The molecule has 7 heteroatoms. The predicted molar refractivity (Wildman–Crippen MR) is 131 cm³/mol. The van der Waals surface area contributed by atoms with Crippen LogP contribution in [-0.4, -0.2) is 27.4 Å². The highest BCUT2D eigenvalue weighted by Gasteiger charge is 2.14. The molecule has 1 N–H and O–H groups in total. The van der Waals surface area contributed by atoms with Crippen LogP contribution in [0, 0.1) is 5.82 Å². The van der Waals surface area contributed by atoms with Crippen molar-refractivity contribution in [2.45, 2.75) is 26.5 Å². The largest absolute Gasteiger partial charge is 0.493 e. The first-order valence-electron chi connectivity index (χ1n) is 10.8. The first kappa shape index (κ1) is 24.9. The molecule has 0 unspecified atom stereocenters. The molecule has 0 aliphatic rings. The summed E-state index contributed by atoms with van der Waals surface area (Å²) in [4.78, 5) is 0. The number of methoxy groups -OCH3 is 2. The standard InChI is InChI=1S/C26H29BrFNO4/c1-4-32-25-15-19(13-21(27)26(25)33-17-20-7-5-6-8-22(20)28)16-29-12-11-18-9-10-23(30-2)24(14-18)31-3/h5-10,13-15,29H,4,11-12,16-17H2,1-3H3. The molecule has 0 aliphatic carbocycles. The summed E-state index contributed by atoms with van der Waals surface area (Å²) in [7, 11) is 3.27. The Morgan fingerprint density at radius 1 is 0.879 bits per heavy atom. The summed E-state index contributed by atoms with van der Waals surface area (Å²) >= 11 is 3.58. The highest BCUT2D eigenvalue weighted by molar-refractivity contribution is 9.10. The molecule has 0 heterocycles. The third-order valence-corrected chi connectivity index (χ3v) is 5.66. The van der Waals surface area contributed by atoms with Gasteiger partial charge >= 0.3 is 0 Å². The molecule has 0 saturated heterocycles. The Bertz CT molecular complexity index is 1060. The second kappa shape index (κ2) is 12.5. The van der Waals surface area contributed by atoms with E-state index < -0.39 is 0 Å². The zero-order chi connectivity index (χ0) is 23.6. The van der Waals surface area contributed by atoms with Crippen molar-refractivity contribution in [3.63, 3.8) is 0 Å². The SMILES string of the molecule is CCOc1cc(CNCCc2ccc(OC)c(OC)c2)cc(Br)c1OCc1ccccc1F. The van der Waals surface area contributed by atoms with Gasteiger partial charge < -0.3 is 24.3 Å². The first-order chi connectivity index (χ1) is 16.0. The van der Waals surface area contributed by atoms with Gasteiger partial charge in [-0.3, -0.25) is 0 Å². The summed E-state index contributed by atoms with van der Waals surface area (Å²) < 4.78 is 37.1. The highest BCUT2D eigenvalue weighted by Crippen LogP contribution is 2.37. The molecule has 0 saturated carbocycles. The monoisotopic (exact) mass is 517 g/mol. The van der Waals surface area contributed by atoms with E-state index in [1.165, 1.54) is 6.07 Å². The number of hydrogen-bond acceptors (Lipinski definition) is 5. The third kappa shape index (κ3) is 6.85. The molecule has 3 aromatic rings. The fourth-order valence-electron chi connectivity index (χ4n) is 3.39. The first-order valence-corrected chi connectivity index (χ1v) is 11.6. The molecular formula is C26H29BrFNO4. The van der Waals surface area contributed by atoms with Crippen LogP contribution in [0.5, 0.6) is 23.0 Å². The van der Waals surface area contributed by atoms with Crippen LogP contribution >= 0.6 is 15.9 Å². The average molecular weight is 518 g/mol. The van der Waals surface area contributed by atoms with Crippen molar-refractivity contribution < 1.29 is 23.3 Å². The molecule has 5 nitrogen and oxygen atoms in total. The number of benzene rings is 3. The second-order valence-corrected chi connectivity index (χ2v) is 8.19. The van der Waals surface area contributed by atoms with Gasteiger partial charge in [-0.05, 0) is 77.3 Å². The molecule has 0 bridgehead atoms. The Morgan fingerprint density at radius 3 is 2.36 bits per heavy atom.